The number of fused-ring (bicyclic) bond motifs is 3. The lowest BCUT2D eigenvalue weighted by atomic mass is 9.90. The van der Waals surface area contributed by atoms with E-state index in [0.717, 1.165) is 24.0 Å². The van der Waals surface area contributed by atoms with Crippen LogP contribution in [0.25, 0.3) is 11.1 Å². The van der Waals surface area contributed by atoms with Crippen molar-refractivity contribution in [3.8, 4) is 11.1 Å². The van der Waals surface area contributed by atoms with Gasteiger partial charge in [0.25, 0.3) is 11.5 Å². The lowest BCUT2D eigenvalue weighted by molar-refractivity contribution is 0.0963. The number of hydrogen-bond acceptors (Lipinski definition) is 6. The van der Waals surface area contributed by atoms with Crippen LogP contribution in [0.1, 0.15) is 41.2 Å². The topological polar surface area (TPSA) is 105 Å². The smallest absolute Gasteiger partial charge is 0.274 e. The second kappa shape index (κ2) is 8.95. The van der Waals surface area contributed by atoms with Gasteiger partial charge in [-0.05, 0) is 53.6 Å². The summed E-state index contributed by atoms with van der Waals surface area (Å²) in [6.45, 7) is 5.53. The third-order valence-corrected chi connectivity index (χ3v) is 7.56. The number of anilines is 3. The molecule has 1 aliphatic heterocycles. The molecule has 3 aromatic heterocycles. The highest BCUT2D eigenvalue weighted by molar-refractivity contribution is 6.07. The fourth-order valence-corrected chi connectivity index (χ4v) is 5.86. The van der Waals surface area contributed by atoms with Crippen molar-refractivity contribution in [2.45, 2.75) is 39.8 Å². The summed E-state index contributed by atoms with van der Waals surface area (Å²) in [6.07, 6.45) is 6.70. The highest BCUT2D eigenvalue weighted by Crippen LogP contribution is 2.40. The minimum atomic E-state index is -0.251. The predicted molar refractivity (Wildman–Crippen MR) is 146 cm³/mol. The molecule has 1 aromatic carbocycles. The van der Waals surface area contributed by atoms with E-state index in [1.54, 1.807) is 36.5 Å². The first-order chi connectivity index (χ1) is 18.3. The van der Waals surface area contributed by atoms with Gasteiger partial charge in [0.05, 0.1) is 12.3 Å². The van der Waals surface area contributed by atoms with Gasteiger partial charge in [-0.25, -0.2) is 9.97 Å². The maximum atomic E-state index is 13.7. The number of rotatable bonds is 5. The Balaban J connectivity index is 1.38. The van der Waals surface area contributed by atoms with Gasteiger partial charge < -0.3 is 24.5 Å². The van der Waals surface area contributed by atoms with Crippen molar-refractivity contribution >= 4 is 23.1 Å². The van der Waals surface area contributed by atoms with E-state index in [9.17, 15) is 14.7 Å². The molecule has 4 heterocycles. The van der Waals surface area contributed by atoms with E-state index in [-0.39, 0.29) is 23.5 Å². The van der Waals surface area contributed by atoms with Crippen LogP contribution in [0.15, 0.2) is 59.9 Å². The van der Waals surface area contributed by atoms with Gasteiger partial charge in [-0.2, -0.15) is 0 Å². The summed E-state index contributed by atoms with van der Waals surface area (Å²) in [4.78, 5) is 36.4. The van der Waals surface area contributed by atoms with Crippen LogP contribution < -0.4 is 15.8 Å². The Morgan fingerprint density at radius 3 is 2.71 bits per heavy atom. The first-order valence-corrected chi connectivity index (χ1v) is 12.8. The van der Waals surface area contributed by atoms with E-state index in [4.69, 9.17) is 0 Å². The Kier molecular flexibility index (Phi) is 5.68. The van der Waals surface area contributed by atoms with E-state index in [2.05, 4.69) is 39.8 Å². The molecule has 194 valence electrons. The first-order valence-electron chi connectivity index (χ1n) is 12.8. The fraction of sp³-hybridized carbons (Fsp3) is 0.310. The Labute approximate surface area is 220 Å². The summed E-state index contributed by atoms with van der Waals surface area (Å²) in [5.41, 5.74) is 6.44. The van der Waals surface area contributed by atoms with E-state index >= 15 is 0 Å². The quantitative estimate of drug-likeness (QED) is 0.425. The molecule has 0 fully saturated rings. The van der Waals surface area contributed by atoms with Crippen LogP contribution in [0.4, 0.5) is 17.2 Å². The van der Waals surface area contributed by atoms with Gasteiger partial charge in [0.15, 0.2) is 0 Å². The van der Waals surface area contributed by atoms with Crippen LogP contribution in [0, 0.1) is 5.41 Å². The molecule has 4 aromatic rings. The largest absolute Gasteiger partial charge is 0.392 e. The number of amides is 1. The monoisotopic (exact) mass is 510 g/mol. The number of benzene rings is 1. The molecule has 9 heteroatoms. The van der Waals surface area contributed by atoms with Gasteiger partial charge in [-0.15, -0.1) is 0 Å². The minimum absolute atomic E-state index is 0.0538. The number of aromatic nitrogens is 4. The number of carbonyl (C=O) groups is 1. The summed E-state index contributed by atoms with van der Waals surface area (Å²) < 4.78 is 3.68. The lowest BCUT2D eigenvalue weighted by Gasteiger charge is -2.32. The molecule has 9 nitrogen and oxygen atoms in total. The fourth-order valence-electron chi connectivity index (χ4n) is 5.86. The van der Waals surface area contributed by atoms with Crippen molar-refractivity contribution in [2.75, 3.05) is 16.8 Å². The van der Waals surface area contributed by atoms with Crippen molar-refractivity contribution in [3.63, 3.8) is 0 Å². The minimum Gasteiger partial charge on any atom is -0.392 e. The number of aliphatic hydroxyl groups is 1. The zero-order valence-corrected chi connectivity index (χ0v) is 21.7. The summed E-state index contributed by atoms with van der Waals surface area (Å²) in [6, 6.07) is 11.1. The van der Waals surface area contributed by atoms with E-state index in [0.29, 0.717) is 41.5 Å². The number of hydrogen-bond donors (Lipinski definition) is 2. The van der Waals surface area contributed by atoms with Crippen molar-refractivity contribution < 1.29 is 9.90 Å². The van der Waals surface area contributed by atoms with Gasteiger partial charge in [-0.3, -0.25) is 9.59 Å². The van der Waals surface area contributed by atoms with Crippen molar-refractivity contribution in [3.05, 3.63) is 88.0 Å². The molecular formula is C29H30N6O3. The summed E-state index contributed by atoms with van der Waals surface area (Å²) >= 11 is 0. The molecular weight excluding hydrogens is 480 g/mol. The third-order valence-electron chi connectivity index (χ3n) is 7.56. The Morgan fingerprint density at radius 1 is 1.11 bits per heavy atom. The molecule has 0 saturated heterocycles. The molecule has 2 aliphatic rings. The number of aryl methyl sites for hydroxylation is 1. The summed E-state index contributed by atoms with van der Waals surface area (Å²) in [5, 5.41) is 13.6. The van der Waals surface area contributed by atoms with Crippen LogP contribution in [0.5, 0.6) is 0 Å². The molecule has 0 unspecified atom stereocenters. The summed E-state index contributed by atoms with van der Waals surface area (Å²) in [5.74, 6) is 0.449. The van der Waals surface area contributed by atoms with Crippen LogP contribution in [0.2, 0.25) is 0 Å². The van der Waals surface area contributed by atoms with Gasteiger partial charge >= 0.3 is 0 Å². The molecule has 0 saturated carbocycles. The lowest BCUT2D eigenvalue weighted by Crippen LogP contribution is -2.41. The number of carbonyl (C=O) groups excluding carboxylic acids is 1. The molecule has 0 radical (unpaired) electrons. The second-order valence-corrected chi connectivity index (χ2v) is 10.9. The predicted octanol–water partition coefficient (Wildman–Crippen LogP) is 3.66. The normalized spacial score (nSPS) is 15.9. The molecule has 0 bridgehead atoms. The standard InChI is InChI=1S/C29H30N6O3/c1-29(2)13-18-12-24-28(38)35(10-9-34(24)25(18)14-29)23-6-4-5-20(21(23)16-36)19-11-22(27(37)33(3)15-19)32-26-7-8-30-17-31-26/h4-8,11-12,15,17,36H,9-10,13-14,16H2,1-3H3,(H,30,31,32). The molecule has 0 atom stereocenters. The van der Waals surface area contributed by atoms with E-state index < -0.39 is 0 Å². The van der Waals surface area contributed by atoms with Crippen LogP contribution in [-0.2, 0) is 33.0 Å². The average molecular weight is 511 g/mol. The van der Waals surface area contributed by atoms with E-state index in [1.807, 2.05) is 18.2 Å². The van der Waals surface area contributed by atoms with Gasteiger partial charge in [0, 0.05) is 49.4 Å². The highest BCUT2D eigenvalue weighted by Gasteiger charge is 2.37. The maximum Gasteiger partial charge on any atom is 0.274 e. The first kappa shape index (κ1) is 24.1. The number of nitrogens with one attached hydrogen (secondary N) is 1. The highest BCUT2D eigenvalue weighted by atomic mass is 16.3. The molecule has 2 N–H and O–H groups in total. The third kappa shape index (κ3) is 3.99. The molecule has 1 aliphatic carbocycles. The molecule has 0 spiro atoms. The van der Waals surface area contributed by atoms with Crippen LogP contribution in [0.3, 0.4) is 0 Å². The van der Waals surface area contributed by atoms with E-state index in [1.165, 1.54) is 22.2 Å². The van der Waals surface area contributed by atoms with Crippen molar-refractivity contribution in [1.29, 1.82) is 0 Å². The van der Waals surface area contributed by atoms with Gasteiger partial charge in [0.1, 0.15) is 23.5 Å². The zero-order chi connectivity index (χ0) is 26.6. The van der Waals surface area contributed by atoms with Crippen molar-refractivity contribution in [2.24, 2.45) is 12.5 Å². The number of pyridine rings is 1. The zero-order valence-electron chi connectivity index (χ0n) is 21.7. The number of aliphatic hydroxyl groups excluding tert-OH is 1. The Bertz CT molecular complexity index is 1620. The Hall–Kier alpha value is -4.24. The van der Waals surface area contributed by atoms with Crippen molar-refractivity contribution in [1.82, 2.24) is 19.1 Å². The Morgan fingerprint density at radius 2 is 1.95 bits per heavy atom. The molecule has 38 heavy (non-hydrogen) atoms. The molecule has 6 rings (SSSR count). The summed E-state index contributed by atoms with van der Waals surface area (Å²) in [7, 11) is 1.68. The van der Waals surface area contributed by atoms with Gasteiger partial charge in [-0.1, -0.05) is 26.0 Å². The second-order valence-electron chi connectivity index (χ2n) is 10.9. The average Bonchev–Trinajstić information content (AvgIpc) is 3.39. The van der Waals surface area contributed by atoms with Crippen LogP contribution >= 0.6 is 0 Å². The maximum absolute atomic E-state index is 13.7. The van der Waals surface area contributed by atoms with Crippen LogP contribution in [-0.4, -0.2) is 36.7 Å². The van der Waals surface area contributed by atoms with Gasteiger partial charge in [0.2, 0.25) is 0 Å². The molecule has 1 amide bonds. The SMILES string of the molecule is Cn1cc(-c2cccc(N3CCn4c(cc5c4CC(C)(C)C5)C3=O)c2CO)cc(Nc2ccncn2)c1=O. The number of nitrogens with zero attached hydrogens (tertiary/aromatic N) is 5.